The van der Waals surface area contributed by atoms with Gasteiger partial charge in [-0.3, -0.25) is 4.79 Å². The van der Waals surface area contributed by atoms with Crippen LogP contribution in [0.3, 0.4) is 0 Å². The molecule has 3 nitrogen and oxygen atoms in total. The number of rotatable bonds is 4. The van der Waals surface area contributed by atoms with Crippen LogP contribution in [-0.2, 0) is 4.79 Å². The third-order valence-corrected chi connectivity index (χ3v) is 4.48. The number of hydrogen-bond acceptors (Lipinski definition) is 2. The first kappa shape index (κ1) is 16.0. The highest BCUT2D eigenvalue weighted by Gasteiger charge is 2.33. The van der Waals surface area contributed by atoms with Gasteiger partial charge in [-0.15, -0.1) is 0 Å². The maximum atomic E-state index is 13.6. The number of aliphatic hydroxyl groups excluding tert-OH is 1. The van der Waals surface area contributed by atoms with E-state index in [9.17, 15) is 14.3 Å². The molecule has 1 saturated carbocycles. The summed E-state index contributed by atoms with van der Waals surface area (Å²) in [6.07, 6.45) is 5.26. The fourth-order valence-corrected chi connectivity index (χ4v) is 2.99. The summed E-state index contributed by atoms with van der Waals surface area (Å²) in [4.78, 5) is 12.4. The van der Waals surface area contributed by atoms with Gasteiger partial charge in [0.1, 0.15) is 5.82 Å². The Morgan fingerprint density at radius 3 is 2.52 bits per heavy atom. The van der Waals surface area contributed by atoms with E-state index in [1.54, 1.807) is 18.2 Å². The molecule has 1 aliphatic rings. The average Bonchev–Trinajstić information content (AvgIpc) is 2.70. The minimum absolute atomic E-state index is 0.0280. The van der Waals surface area contributed by atoms with Crippen LogP contribution in [0.25, 0.3) is 0 Å². The zero-order chi connectivity index (χ0) is 15.3. The highest BCUT2D eigenvalue weighted by atomic mass is 19.1. The van der Waals surface area contributed by atoms with E-state index in [1.165, 1.54) is 18.9 Å². The summed E-state index contributed by atoms with van der Waals surface area (Å²) in [5.74, 6) is -0.472. The van der Waals surface area contributed by atoms with Gasteiger partial charge >= 0.3 is 0 Å². The van der Waals surface area contributed by atoms with Gasteiger partial charge in [0.25, 0.3) is 0 Å². The Labute approximate surface area is 125 Å². The zero-order valence-electron chi connectivity index (χ0n) is 12.6. The first-order valence-electron chi connectivity index (χ1n) is 7.74. The van der Waals surface area contributed by atoms with E-state index >= 15 is 0 Å². The lowest BCUT2D eigenvalue weighted by Crippen LogP contribution is -2.40. The van der Waals surface area contributed by atoms with Crippen molar-refractivity contribution in [2.45, 2.75) is 51.6 Å². The van der Waals surface area contributed by atoms with Crippen molar-refractivity contribution in [1.82, 2.24) is 5.32 Å². The Morgan fingerprint density at radius 1 is 1.29 bits per heavy atom. The maximum Gasteiger partial charge on any atom is 0.226 e. The summed E-state index contributed by atoms with van der Waals surface area (Å²) in [5.41, 5.74) is -0.130. The second-order valence-corrected chi connectivity index (χ2v) is 6.22. The summed E-state index contributed by atoms with van der Waals surface area (Å²) < 4.78 is 13.6. The standard InChI is InChI=1S/C17H24FNO2/c1-17(10-6-2-3-7-11-17)16(21)19-12-15(20)13-8-4-5-9-14(13)18/h4-5,8-9,15,20H,2-3,6-7,10-12H2,1H3,(H,19,21). The Bertz CT molecular complexity index is 481. The summed E-state index contributed by atoms with van der Waals surface area (Å²) in [6, 6.07) is 6.11. The van der Waals surface area contributed by atoms with E-state index in [4.69, 9.17) is 0 Å². The number of aliphatic hydroxyl groups is 1. The number of nitrogens with one attached hydrogen (secondary N) is 1. The van der Waals surface area contributed by atoms with E-state index in [0.717, 1.165) is 25.7 Å². The average molecular weight is 293 g/mol. The Morgan fingerprint density at radius 2 is 1.90 bits per heavy atom. The number of hydrogen-bond donors (Lipinski definition) is 2. The van der Waals surface area contributed by atoms with Crippen molar-refractivity contribution in [2.24, 2.45) is 5.41 Å². The van der Waals surface area contributed by atoms with Crippen LogP contribution < -0.4 is 5.32 Å². The number of benzene rings is 1. The van der Waals surface area contributed by atoms with Gasteiger partial charge < -0.3 is 10.4 Å². The third-order valence-electron chi connectivity index (χ3n) is 4.48. The molecule has 116 valence electrons. The fourth-order valence-electron chi connectivity index (χ4n) is 2.99. The maximum absolute atomic E-state index is 13.6. The molecule has 1 aromatic rings. The fraction of sp³-hybridized carbons (Fsp3) is 0.588. The van der Waals surface area contributed by atoms with Crippen molar-refractivity contribution in [3.63, 3.8) is 0 Å². The quantitative estimate of drug-likeness (QED) is 0.837. The Hall–Kier alpha value is -1.42. The van der Waals surface area contributed by atoms with Gasteiger partial charge in [-0.05, 0) is 18.9 Å². The van der Waals surface area contributed by atoms with E-state index in [2.05, 4.69) is 5.32 Å². The summed E-state index contributed by atoms with van der Waals surface area (Å²) in [6.45, 7) is 2.04. The Balaban J connectivity index is 1.92. The van der Waals surface area contributed by atoms with E-state index < -0.39 is 11.9 Å². The van der Waals surface area contributed by atoms with Crippen molar-refractivity contribution in [2.75, 3.05) is 6.54 Å². The van der Waals surface area contributed by atoms with Crippen LogP contribution >= 0.6 is 0 Å². The predicted octanol–water partition coefficient (Wildman–Crippen LogP) is 3.34. The van der Waals surface area contributed by atoms with Crippen LogP contribution in [0.15, 0.2) is 24.3 Å². The molecular weight excluding hydrogens is 269 g/mol. The highest BCUT2D eigenvalue weighted by Crippen LogP contribution is 2.34. The minimum atomic E-state index is -1.01. The first-order valence-corrected chi connectivity index (χ1v) is 7.74. The van der Waals surface area contributed by atoms with Crippen molar-refractivity contribution in [3.05, 3.63) is 35.6 Å². The van der Waals surface area contributed by atoms with Gasteiger partial charge in [0.2, 0.25) is 5.91 Å². The molecule has 4 heteroatoms. The molecule has 1 aromatic carbocycles. The molecular formula is C17H24FNO2. The summed E-state index contributed by atoms with van der Waals surface area (Å²) in [5, 5.41) is 12.8. The number of carbonyl (C=O) groups is 1. The number of halogens is 1. The molecule has 1 amide bonds. The minimum Gasteiger partial charge on any atom is -0.386 e. The lowest BCUT2D eigenvalue weighted by atomic mass is 9.81. The zero-order valence-corrected chi connectivity index (χ0v) is 12.6. The molecule has 1 unspecified atom stereocenters. The van der Waals surface area contributed by atoms with Gasteiger partial charge in [-0.1, -0.05) is 50.8 Å². The molecule has 2 N–H and O–H groups in total. The molecule has 21 heavy (non-hydrogen) atoms. The van der Waals surface area contributed by atoms with E-state index in [-0.39, 0.29) is 23.4 Å². The SMILES string of the molecule is CC1(C(=O)NCC(O)c2ccccc2F)CCCCCC1. The molecule has 0 bridgehead atoms. The molecule has 1 atom stereocenters. The normalized spacial score (nSPS) is 19.6. The molecule has 0 aliphatic heterocycles. The first-order chi connectivity index (χ1) is 10.0. The van der Waals surface area contributed by atoms with Crippen molar-refractivity contribution < 1.29 is 14.3 Å². The molecule has 1 aliphatic carbocycles. The van der Waals surface area contributed by atoms with E-state index in [1.807, 2.05) is 6.92 Å². The van der Waals surface area contributed by atoms with Crippen LogP contribution in [-0.4, -0.2) is 17.6 Å². The molecule has 1 fully saturated rings. The van der Waals surface area contributed by atoms with Gasteiger partial charge in [-0.2, -0.15) is 0 Å². The molecule has 0 heterocycles. The molecule has 0 aromatic heterocycles. The van der Waals surface area contributed by atoms with Crippen LogP contribution in [0.5, 0.6) is 0 Å². The van der Waals surface area contributed by atoms with Gasteiger partial charge in [0.15, 0.2) is 0 Å². The predicted molar refractivity (Wildman–Crippen MR) is 80.2 cm³/mol. The summed E-state index contributed by atoms with van der Waals surface area (Å²) >= 11 is 0. The van der Waals surface area contributed by atoms with Crippen LogP contribution in [0.4, 0.5) is 4.39 Å². The lowest BCUT2D eigenvalue weighted by Gasteiger charge is -2.27. The third kappa shape index (κ3) is 4.03. The van der Waals surface area contributed by atoms with Gasteiger partial charge in [-0.25, -0.2) is 4.39 Å². The second-order valence-electron chi connectivity index (χ2n) is 6.22. The van der Waals surface area contributed by atoms with Crippen molar-refractivity contribution in [1.29, 1.82) is 0 Å². The monoisotopic (exact) mass is 293 g/mol. The lowest BCUT2D eigenvalue weighted by molar-refractivity contribution is -0.131. The van der Waals surface area contributed by atoms with Crippen LogP contribution in [0, 0.1) is 11.2 Å². The molecule has 0 radical (unpaired) electrons. The van der Waals surface area contributed by atoms with Crippen molar-refractivity contribution in [3.8, 4) is 0 Å². The van der Waals surface area contributed by atoms with E-state index in [0.29, 0.717) is 0 Å². The highest BCUT2D eigenvalue weighted by molar-refractivity contribution is 5.82. The number of amides is 1. The largest absolute Gasteiger partial charge is 0.386 e. The molecule has 0 saturated heterocycles. The van der Waals surface area contributed by atoms with Gasteiger partial charge in [0, 0.05) is 17.5 Å². The van der Waals surface area contributed by atoms with Crippen molar-refractivity contribution >= 4 is 5.91 Å². The van der Waals surface area contributed by atoms with Crippen LogP contribution in [0.1, 0.15) is 57.1 Å². The number of carbonyl (C=O) groups excluding carboxylic acids is 1. The van der Waals surface area contributed by atoms with Crippen LogP contribution in [0.2, 0.25) is 0 Å². The Kier molecular flexibility index (Phi) is 5.34. The second kappa shape index (κ2) is 7.03. The topological polar surface area (TPSA) is 49.3 Å². The summed E-state index contributed by atoms with van der Waals surface area (Å²) in [7, 11) is 0. The van der Waals surface area contributed by atoms with Gasteiger partial charge in [0.05, 0.1) is 6.10 Å². The molecule has 0 spiro atoms. The molecule has 2 rings (SSSR count). The smallest absolute Gasteiger partial charge is 0.226 e.